The third kappa shape index (κ3) is 2.59. The van der Waals surface area contributed by atoms with Crippen LogP contribution in [0.3, 0.4) is 0 Å². The van der Waals surface area contributed by atoms with Crippen LogP contribution >= 0.6 is 0 Å². The fourth-order valence-electron chi connectivity index (χ4n) is 5.73. The molecule has 1 aromatic rings. The molecule has 7 heteroatoms. The zero-order chi connectivity index (χ0) is 16.9. The van der Waals surface area contributed by atoms with Gasteiger partial charge in [0.25, 0.3) is 5.91 Å². The Labute approximate surface area is 140 Å². The lowest BCUT2D eigenvalue weighted by atomic mass is 9.49. The molecule has 7 nitrogen and oxygen atoms in total. The Kier molecular flexibility index (Phi) is 3.62. The average molecular weight is 332 g/mol. The number of nitrogens with one attached hydrogen (secondary N) is 1. The topological polar surface area (TPSA) is 90.1 Å². The van der Waals surface area contributed by atoms with Crippen LogP contribution in [0.15, 0.2) is 6.20 Å². The van der Waals surface area contributed by atoms with E-state index in [0.717, 1.165) is 17.8 Å². The molecule has 0 saturated heterocycles. The first-order valence-electron chi connectivity index (χ1n) is 8.98. The predicted molar refractivity (Wildman–Crippen MR) is 87.5 cm³/mol. The van der Waals surface area contributed by atoms with Gasteiger partial charge in [0.15, 0.2) is 0 Å². The minimum atomic E-state index is -0.529. The summed E-state index contributed by atoms with van der Waals surface area (Å²) in [5, 5.41) is 18.2. The van der Waals surface area contributed by atoms with Crippen molar-refractivity contribution in [2.75, 3.05) is 6.54 Å². The highest BCUT2D eigenvalue weighted by atomic mass is 16.6. The van der Waals surface area contributed by atoms with Crippen molar-refractivity contribution in [1.29, 1.82) is 0 Å². The summed E-state index contributed by atoms with van der Waals surface area (Å²) in [7, 11) is 0. The molecule has 0 unspecified atom stereocenters. The molecule has 5 rings (SSSR count). The molecular weight excluding hydrogens is 308 g/mol. The van der Waals surface area contributed by atoms with E-state index >= 15 is 0 Å². The van der Waals surface area contributed by atoms with Gasteiger partial charge in [0.2, 0.25) is 5.69 Å². The SMILES string of the molecule is CCn1cc([N+](=O)[O-])c(C(=O)NCC23CC4CC(CC(C4)C2)C3)n1. The Hall–Kier alpha value is -1.92. The largest absolute Gasteiger partial charge is 0.350 e. The van der Waals surface area contributed by atoms with Crippen LogP contribution in [0.1, 0.15) is 55.9 Å². The molecule has 4 bridgehead atoms. The monoisotopic (exact) mass is 332 g/mol. The lowest BCUT2D eigenvalue weighted by Crippen LogP contribution is -2.51. The van der Waals surface area contributed by atoms with E-state index in [9.17, 15) is 14.9 Å². The van der Waals surface area contributed by atoms with E-state index in [2.05, 4.69) is 10.4 Å². The number of hydrogen-bond donors (Lipinski definition) is 1. The first-order chi connectivity index (χ1) is 11.5. The molecule has 1 amide bonds. The van der Waals surface area contributed by atoms with E-state index < -0.39 is 10.8 Å². The number of carbonyl (C=O) groups excluding carboxylic acids is 1. The van der Waals surface area contributed by atoms with Crippen molar-refractivity contribution in [2.45, 2.75) is 52.0 Å². The Morgan fingerprint density at radius 1 is 1.33 bits per heavy atom. The van der Waals surface area contributed by atoms with Gasteiger partial charge in [-0.25, -0.2) is 0 Å². The van der Waals surface area contributed by atoms with Crippen LogP contribution in [0, 0.1) is 33.3 Å². The fraction of sp³-hybridized carbons (Fsp3) is 0.765. The summed E-state index contributed by atoms with van der Waals surface area (Å²) in [4.78, 5) is 23.1. The first-order valence-corrected chi connectivity index (χ1v) is 8.98. The van der Waals surface area contributed by atoms with Gasteiger partial charge in [-0.2, -0.15) is 5.10 Å². The summed E-state index contributed by atoms with van der Waals surface area (Å²) in [6.45, 7) is 2.97. The highest BCUT2D eigenvalue weighted by molar-refractivity contribution is 5.96. The van der Waals surface area contributed by atoms with Crippen LogP contribution in [0.5, 0.6) is 0 Å². The molecule has 1 N–H and O–H groups in total. The van der Waals surface area contributed by atoms with Crippen molar-refractivity contribution < 1.29 is 9.72 Å². The smallest absolute Gasteiger partial charge is 0.320 e. The molecule has 1 heterocycles. The van der Waals surface area contributed by atoms with Crippen molar-refractivity contribution in [3.8, 4) is 0 Å². The molecule has 0 spiro atoms. The first kappa shape index (κ1) is 15.6. The average Bonchev–Trinajstić information content (AvgIpc) is 2.96. The Morgan fingerprint density at radius 3 is 2.42 bits per heavy atom. The molecule has 4 aliphatic carbocycles. The quantitative estimate of drug-likeness (QED) is 0.663. The lowest BCUT2D eigenvalue weighted by Gasteiger charge is -2.56. The van der Waals surface area contributed by atoms with Gasteiger partial charge >= 0.3 is 5.69 Å². The molecule has 0 aromatic carbocycles. The van der Waals surface area contributed by atoms with Crippen molar-refractivity contribution in [3.63, 3.8) is 0 Å². The predicted octanol–water partition coefficient (Wildman–Crippen LogP) is 2.76. The molecule has 0 radical (unpaired) electrons. The number of carbonyl (C=O) groups is 1. The van der Waals surface area contributed by atoms with Crippen molar-refractivity contribution in [1.82, 2.24) is 15.1 Å². The summed E-state index contributed by atoms with van der Waals surface area (Å²) >= 11 is 0. The maximum atomic E-state index is 12.5. The standard InChI is InChI=1S/C17H24N4O3/c1-2-20-9-14(21(23)24)15(19-20)16(22)18-10-17-6-11-3-12(7-17)5-13(4-11)8-17/h9,11-13H,2-8,10H2,1H3,(H,18,22). The summed E-state index contributed by atoms with van der Waals surface area (Å²) in [6.07, 6.45) is 9.01. The van der Waals surface area contributed by atoms with Gasteiger partial charge in [-0.1, -0.05) is 0 Å². The minimum absolute atomic E-state index is 0.0634. The summed E-state index contributed by atoms with van der Waals surface area (Å²) in [5.41, 5.74) is -0.0570. The van der Waals surface area contributed by atoms with Crippen LogP contribution < -0.4 is 5.32 Å². The number of aryl methyl sites for hydroxylation is 1. The van der Waals surface area contributed by atoms with Crippen molar-refractivity contribution in [3.05, 3.63) is 22.0 Å². The molecule has 4 fully saturated rings. The summed E-state index contributed by atoms with van der Waals surface area (Å²) in [5.74, 6) is 2.05. The van der Waals surface area contributed by atoms with Crippen LogP contribution in [0.2, 0.25) is 0 Å². The second-order valence-corrected chi connectivity index (χ2v) is 8.08. The van der Waals surface area contributed by atoms with E-state index in [1.165, 1.54) is 49.4 Å². The van der Waals surface area contributed by atoms with E-state index in [4.69, 9.17) is 0 Å². The van der Waals surface area contributed by atoms with Crippen LogP contribution in [0.25, 0.3) is 0 Å². The van der Waals surface area contributed by atoms with Crippen LogP contribution in [-0.2, 0) is 6.54 Å². The highest BCUT2D eigenvalue weighted by Gasteiger charge is 2.50. The van der Waals surface area contributed by atoms with Gasteiger partial charge in [-0.3, -0.25) is 19.6 Å². The number of aromatic nitrogens is 2. The molecule has 1 aromatic heterocycles. The molecule has 0 atom stereocenters. The van der Waals surface area contributed by atoms with Crippen molar-refractivity contribution >= 4 is 11.6 Å². The van der Waals surface area contributed by atoms with Crippen LogP contribution in [-0.4, -0.2) is 27.2 Å². The summed E-state index contributed by atoms with van der Waals surface area (Å²) in [6, 6.07) is 0. The van der Waals surface area contributed by atoms with Gasteiger partial charge in [0, 0.05) is 13.1 Å². The molecule has 24 heavy (non-hydrogen) atoms. The molecular formula is C17H24N4O3. The molecule has 4 saturated carbocycles. The molecule has 4 aliphatic rings. The Balaban J connectivity index is 1.47. The summed E-state index contributed by atoms with van der Waals surface area (Å²) < 4.78 is 1.44. The zero-order valence-corrected chi connectivity index (χ0v) is 14.0. The van der Waals surface area contributed by atoms with Crippen molar-refractivity contribution in [2.24, 2.45) is 23.2 Å². The lowest BCUT2D eigenvalue weighted by molar-refractivity contribution is -0.385. The Bertz CT molecular complexity index is 646. The highest BCUT2D eigenvalue weighted by Crippen LogP contribution is 2.59. The number of nitro groups is 1. The second-order valence-electron chi connectivity index (χ2n) is 8.08. The van der Waals surface area contributed by atoms with Gasteiger partial charge in [-0.05, 0) is 68.6 Å². The second kappa shape index (κ2) is 5.57. The third-order valence-electron chi connectivity index (χ3n) is 6.27. The maximum absolute atomic E-state index is 12.5. The number of nitrogens with zero attached hydrogens (tertiary/aromatic N) is 3. The van der Waals surface area contributed by atoms with Gasteiger partial charge in [0.05, 0.1) is 4.92 Å². The third-order valence-corrected chi connectivity index (χ3v) is 6.27. The zero-order valence-electron chi connectivity index (χ0n) is 14.0. The van der Waals surface area contributed by atoms with Gasteiger partial charge in [0.1, 0.15) is 6.20 Å². The number of amides is 1. The van der Waals surface area contributed by atoms with E-state index in [1.807, 2.05) is 6.92 Å². The minimum Gasteiger partial charge on any atom is -0.350 e. The van der Waals surface area contributed by atoms with E-state index in [0.29, 0.717) is 13.1 Å². The number of hydrogen-bond acceptors (Lipinski definition) is 4. The number of rotatable bonds is 5. The maximum Gasteiger partial charge on any atom is 0.320 e. The van der Waals surface area contributed by atoms with Gasteiger partial charge < -0.3 is 5.32 Å². The Morgan fingerprint density at radius 2 is 1.92 bits per heavy atom. The van der Waals surface area contributed by atoms with Crippen LogP contribution in [0.4, 0.5) is 5.69 Å². The van der Waals surface area contributed by atoms with E-state index in [-0.39, 0.29) is 16.8 Å². The van der Waals surface area contributed by atoms with E-state index in [1.54, 1.807) is 0 Å². The molecule has 0 aliphatic heterocycles. The molecule has 130 valence electrons. The van der Waals surface area contributed by atoms with Gasteiger partial charge in [-0.15, -0.1) is 0 Å². The normalized spacial score (nSPS) is 33.6. The fourth-order valence-corrected chi connectivity index (χ4v) is 5.73.